The first kappa shape index (κ1) is 16.1. The van der Waals surface area contributed by atoms with E-state index in [9.17, 15) is 10.2 Å². The highest BCUT2D eigenvalue weighted by Crippen LogP contribution is 2.57. The number of fused-ring (bicyclic) bond motifs is 6. The standard InChI is InChI=1S/C17H21N5O5/c18-15-10-16(20-4-19-15)22(5-21-10)17-12(24)11(23)9(26-17)3-25-8-2-6-1-7(8)14-13(6)27-14/h4-9,11-14,17,23-24H,1-3H2,(H2,18,19,20)/t6?,7?,8?,9-,11-,12-,13?,14?,17-/m1/s1. The number of epoxide rings is 1. The fraction of sp³-hybridized carbons (Fsp3) is 0.706. The highest BCUT2D eigenvalue weighted by Gasteiger charge is 2.63. The Balaban J connectivity index is 1.17. The highest BCUT2D eigenvalue weighted by molar-refractivity contribution is 5.81. The SMILES string of the molecule is Nc1ncnc2c1ncn2[C@@H]1O[C@H](COC2CC3CC2C2OC32)[C@@H](O)[C@H]1O. The van der Waals surface area contributed by atoms with Gasteiger partial charge in [0.2, 0.25) is 0 Å². The van der Waals surface area contributed by atoms with E-state index in [4.69, 9.17) is 19.9 Å². The van der Waals surface area contributed by atoms with Gasteiger partial charge in [0.15, 0.2) is 17.7 Å². The number of aliphatic hydroxyl groups is 2. The number of imidazole rings is 1. The van der Waals surface area contributed by atoms with Crippen LogP contribution in [-0.4, -0.2) is 73.0 Å². The summed E-state index contributed by atoms with van der Waals surface area (Å²) in [5.41, 5.74) is 6.69. The number of ether oxygens (including phenoxy) is 3. The zero-order valence-corrected chi connectivity index (χ0v) is 14.5. The van der Waals surface area contributed by atoms with Gasteiger partial charge in [-0.3, -0.25) is 4.57 Å². The fourth-order valence-corrected chi connectivity index (χ4v) is 5.11. The Morgan fingerprint density at radius 3 is 2.85 bits per heavy atom. The predicted molar refractivity (Wildman–Crippen MR) is 90.3 cm³/mol. The number of rotatable bonds is 4. The van der Waals surface area contributed by atoms with Gasteiger partial charge in [0.1, 0.15) is 30.2 Å². The van der Waals surface area contributed by atoms with Crippen molar-refractivity contribution in [3.63, 3.8) is 0 Å². The minimum Gasteiger partial charge on any atom is -0.387 e. The van der Waals surface area contributed by atoms with Gasteiger partial charge >= 0.3 is 0 Å². The molecule has 2 bridgehead atoms. The van der Waals surface area contributed by atoms with Gasteiger partial charge in [0.05, 0.1) is 31.2 Å². The molecule has 2 aromatic heterocycles. The number of anilines is 1. The molecule has 0 aromatic carbocycles. The molecule has 9 atom stereocenters. The lowest BCUT2D eigenvalue weighted by Crippen LogP contribution is -2.36. The van der Waals surface area contributed by atoms with Gasteiger partial charge in [0, 0.05) is 5.92 Å². The van der Waals surface area contributed by atoms with Gasteiger partial charge in [-0.15, -0.1) is 0 Å². The average Bonchev–Trinajstić information content (AvgIpc) is 2.94. The van der Waals surface area contributed by atoms with Crippen molar-refractivity contribution in [2.24, 2.45) is 11.8 Å². The maximum absolute atomic E-state index is 10.5. The Bertz CT molecular complexity index is 892. The number of hydrogen-bond donors (Lipinski definition) is 3. The van der Waals surface area contributed by atoms with Crippen LogP contribution in [0.4, 0.5) is 5.82 Å². The molecule has 10 nitrogen and oxygen atoms in total. The third-order valence-corrected chi connectivity index (χ3v) is 6.51. The zero-order valence-electron chi connectivity index (χ0n) is 14.5. The molecule has 0 radical (unpaired) electrons. The Kier molecular flexibility index (Phi) is 3.34. The van der Waals surface area contributed by atoms with Crippen molar-refractivity contribution < 1.29 is 24.4 Å². The van der Waals surface area contributed by atoms with E-state index in [1.807, 2.05) is 0 Å². The van der Waals surface area contributed by atoms with Crippen molar-refractivity contribution in [3.8, 4) is 0 Å². The number of nitrogen functional groups attached to an aromatic ring is 1. The van der Waals surface area contributed by atoms with Crippen LogP contribution in [0.25, 0.3) is 11.2 Å². The molecule has 0 spiro atoms. The molecule has 144 valence electrons. The molecule has 2 aromatic rings. The van der Waals surface area contributed by atoms with Crippen molar-refractivity contribution in [1.29, 1.82) is 0 Å². The van der Waals surface area contributed by atoms with Crippen molar-refractivity contribution in [1.82, 2.24) is 19.5 Å². The molecular weight excluding hydrogens is 354 g/mol. The van der Waals surface area contributed by atoms with Gasteiger partial charge in [-0.05, 0) is 18.8 Å². The summed E-state index contributed by atoms with van der Waals surface area (Å²) in [7, 11) is 0. The van der Waals surface area contributed by atoms with Crippen LogP contribution in [-0.2, 0) is 14.2 Å². The van der Waals surface area contributed by atoms with Crippen molar-refractivity contribution in [3.05, 3.63) is 12.7 Å². The molecule has 4 heterocycles. The zero-order chi connectivity index (χ0) is 18.3. The van der Waals surface area contributed by atoms with Crippen molar-refractivity contribution >= 4 is 17.0 Å². The third-order valence-electron chi connectivity index (χ3n) is 6.51. The smallest absolute Gasteiger partial charge is 0.167 e. The molecule has 2 saturated heterocycles. The Labute approximate surface area is 154 Å². The van der Waals surface area contributed by atoms with Crippen LogP contribution in [0.5, 0.6) is 0 Å². The lowest BCUT2D eigenvalue weighted by molar-refractivity contribution is -0.0889. The summed E-state index contributed by atoms with van der Waals surface area (Å²) < 4.78 is 19.2. The lowest BCUT2D eigenvalue weighted by Gasteiger charge is -2.23. The van der Waals surface area contributed by atoms with Crippen LogP contribution in [0.2, 0.25) is 0 Å². The van der Waals surface area contributed by atoms with E-state index in [1.54, 1.807) is 4.57 Å². The summed E-state index contributed by atoms with van der Waals surface area (Å²) in [5.74, 6) is 1.32. The van der Waals surface area contributed by atoms with Gasteiger partial charge < -0.3 is 30.2 Å². The topological polar surface area (TPSA) is 141 Å². The molecule has 2 saturated carbocycles. The summed E-state index contributed by atoms with van der Waals surface area (Å²) in [5, 5.41) is 20.9. The Morgan fingerprint density at radius 1 is 1.15 bits per heavy atom. The minimum absolute atomic E-state index is 0.146. The fourth-order valence-electron chi connectivity index (χ4n) is 5.11. The normalized spacial score (nSPS) is 44.9. The Hall–Kier alpha value is -1.85. The maximum atomic E-state index is 10.5. The molecule has 27 heavy (non-hydrogen) atoms. The lowest BCUT2D eigenvalue weighted by atomic mass is 9.98. The van der Waals surface area contributed by atoms with E-state index in [-0.39, 0.29) is 18.5 Å². The van der Waals surface area contributed by atoms with Crippen molar-refractivity contribution in [2.45, 2.75) is 55.7 Å². The van der Waals surface area contributed by atoms with E-state index in [2.05, 4.69) is 15.0 Å². The largest absolute Gasteiger partial charge is 0.387 e. The first-order valence-electron chi connectivity index (χ1n) is 9.33. The molecule has 4 N–H and O–H groups in total. The molecule has 10 heteroatoms. The summed E-state index contributed by atoms with van der Waals surface area (Å²) in [6.45, 7) is 0.226. The molecule has 4 fully saturated rings. The molecule has 2 aliphatic carbocycles. The second-order valence-corrected chi connectivity index (χ2v) is 7.96. The van der Waals surface area contributed by atoms with Crippen LogP contribution in [0, 0.1) is 11.8 Å². The van der Waals surface area contributed by atoms with Gasteiger partial charge in [-0.1, -0.05) is 0 Å². The maximum Gasteiger partial charge on any atom is 0.167 e. The number of hydrogen-bond acceptors (Lipinski definition) is 9. The summed E-state index contributed by atoms with van der Waals surface area (Å²) in [6.07, 6.45) is 2.33. The molecule has 5 unspecified atom stereocenters. The average molecular weight is 375 g/mol. The number of nitrogens with zero attached hydrogens (tertiary/aromatic N) is 4. The second-order valence-electron chi connectivity index (χ2n) is 7.96. The summed E-state index contributed by atoms with van der Waals surface area (Å²) in [4.78, 5) is 12.3. The van der Waals surface area contributed by atoms with Crippen LogP contribution in [0.1, 0.15) is 19.1 Å². The highest BCUT2D eigenvalue weighted by atomic mass is 16.6. The van der Waals surface area contributed by atoms with Crippen molar-refractivity contribution in [2.75, 3.05) is 12.3 Å². The molecule has 6 rings (SSSR count). The van der Waals surface area contributed by atoms with Gasteiger partial charge in [-0.2, -0.15) is 0 Å². The van der Waals surface area contributed by atoms with Crippen LogP contribution < -0.4 is 5.73 Å². The quantitative estimate of drug-likeness (QED) is 0.587. The minimum atomic E-state index is -1.12. The summed E-state index contributed by atoms with van der Waals surface area (Å²) >= 11 is 0. The first-order chi connectivity index (χ1) is 13.1. The second kappa shape index (κ2) is 5.58. The molecule has 0 amide bonds. The van der Waals surface area contributed by atoms with Gasteiger partial charge in [-0.25, -0.2) is 15.0 Å². The van der Waals surface area contributed by atoms with E-state index in [1.165, 1.54) is 19.1 Å². The van der Waals surface area contributed by atoms with E-state index < -0.39 is 24.5 Å². The number of aliphatic hydroxyl groups excluding tert-OH is 2. The number of aromatic nitrogens is 4. The van der Waals surface area contributed by atoms with E-state index in [0.29, 0.717) is 35.2 Å². The van der Waals surface area contributed by atoms with Gasteiger partial charge in [0.25, 0.3) is 0 Å². The van der Waals surface area contributed by atoms with E-state index in [0.717, 1.165) is 6.42 Å². The molecular formula is C17H21N5O5. The third kappa shape index (κ3) is 2.28. The monoisotopic (exact) mass is 375 g/mol. The number of nitrogens with two attached hydrogens (primary N) is 1. The molecule has 4 aliphatic rings. The Morgan fingerprint density at radius 2 is 2.04 bits per heavy atom. The van der Waals surface area contributed by atoms with Crippen LogP contribution in [0.15, 0.2) is 12.7 Å². The van der Waals surface area contributed by atoms with Crippen LogP contribution in [0.3, 0.4) is 0 Å². The van der Waals surface area contributed by atoms with Crippen LogP contribution >= 0.6 is 0 Å². The molecule has 2 aliphatic heterocycles. The predicted octanol–water partition coefficient (Wildman–Crippen LogP) is -0.780. The first-order valence-corrected chi connectivity index (χ1v) is 9.33. The van der Waals surface area contributed by atoms with E-state index >= 15 is 0 Å². The summed E-state index contributed by atoms with van der Waals surface area (Å²) in [6, 6.07) is 0.